The molecule has 1 aliphatic carbocycles. The van der Waals surface area contributed by atoms with Crippen LogP contribution in [0.15, 0.2) is 72.1 Å². The molecule has 1 fully saturated rings. The minimum atomic E-state index is -0.717. The number of hydrogen-bond acceptors (Lipinski definition) is 3. The molecule has 0 spiro atoms. The molecule has 0 N–H and O–H groups in total. The summed E-state index contributed by atoms with van der Waals surface area (Å²) in [5.41, 5.74) is 3.59. The first kappa shape index (κ1) is 24.2. The van der Waals surface area contributed by atoms with E-state index >= 15 is 0 Å². The second-order valence-electron chi connectivity index (χ2n) is 9.60. The van der Waals surface area contributed by atoms with Crippen LogP contribution in [0.4, 0.5) is 0 Å². The van der Waals surface area contributed by atoms with Crippen LogP contribution >= 0.6 is 10.5 Å². The Balaban J connectivity index is 1.31. The minimum Gasteiger partial charge on any atom is -0.481 e. The summed E-state index contributed by atoms with van der Waals surface area (Å²) in [4.78, 5) is 14.1. The first-order valence-corrected chi connectivity index (χ1v) is 13.8. The van der Waals surface area contributed by atoms with Crippen molar-refractivity contribution >= 4 is 26.5 Å². The zero-order chi connectivity index (χ0) is 25.1. The van der Waals surface area contributed by atoms with Crippen molar-refractivity contribution in [2.75, 3.05) is 6.61 Å². The molecule has 1 aromatic heterocycles. The van der Waals surface area contributed by atoms with E-state index in [2.05, 4.69) is 60.5 Å². The average Bonchev–Trinajstić information content (AvgIpc) is 3.48. The summed E-state index contributed by atoms with van der Waals surface area (Å²) in [5, 5.41) is 3.68. The number of aryl methyl sites for hydroxylation is 3. The van der Waals surface area contributed by atoms with E-state index in [1.54, 1.807) is 0 Å². The lowest BCUT2D eigenvalue weighted by Gasteiger charge is -2.23. The lowest BCUT2D eigenvalue weighted by atomic mass is 10.0. The molecule has 0 radical (unpaired) electrons. The highest BCUT2D eigenvalue weighted by molar-refractivity contribution is 7.43. The summed E-state index contributed by atoms with van der Waals surface area (Å²) in [5.74, 6) is 6.84. The van der Waals surface area contributed by atoms with Gasteiger partial charge in [-0.15, -0.1) is 0 Å². The summed E-state index contributed by atoms with van der Waals surface area (Å²) >= 11 is 0. The summed E-state index contributed by atoms with van der Waals surface area (Å²) in [7, 11) is -0.0890. The third-order valence-electron chi connectivity index (χ3n) is 6.79. The smallest absolute Gasteiger partial charge is 0.345 e. The summed E-state index contributed by atoms with van der Waals surface area (Å²) in [6.45, 7) is 6.14. The molecule has 0 saturated heterocycles. The van der Waals surface area contributed by atoms with Gasteiger partial charge in [0.1, 0.15) is 11.1 Å². The molecular formula is C32H31O3S+. The van der Waals surface area contributed by atoms with Crippen LogP contribution in [0, 0.1) is 32.6 Å². The Bertz CT molecular complexity index is 1440. The summed E-state index contributed by atoms with van der Waals surface area (Å²) < 4.78 is 13.3. The number of benzene rings is 3. The quantitative estimate of drug-likeness (QED) is 0.161. The molecule has 36 heavy (non-hydrogen) atoms. The first-order chi connectivity index (χ1) is 17.4. The van der Waals surface area contributed by atoms with E-state index in [0.29, 0.717) is 0 Å². The van der Waals surface area contributed by atoms with Gasteiger partial charge in [-0.2, -0.15) is 0 Å². The van der Waals surface area contributed by atoms with Gasteiger partial charge in [0.25, 0.3) is 0 Å². The molecule has 182 valence electrons. The highest BCUT2D eigenvalue weighted by atomic mass is 32.2. The number of ether oxygens (including phenoxy) is 2. The number of esters is 1. The second kappa shape index (κ2) is 10.2. The van der Waals surface area contributed by atoms with Crippen LogP contribution in [-0.4, -0.2) is 18.2 Å². The maximum Gasteiger partial charge on any atom is 0.345 e. The maximum absolute atomic E-state index is 12.8. The van der Waals surface area contributed by atoms with Gasteiger partial charge in [0.05, 0.1) is 0 Å². The molecule has 1 saturated carbocycles. The Hall–Kier alpha value is -3.55. The van der Waals surface area contributed by atoms with Gasteiger partial charge in [0, 0.05) is 39.1 Å². The zero-order valence-electron chi connectivity index (χ0n) is 21.1. The van der Waals surface area contributed by atoms with Crippen LogP contribution in [0.1, 0.15) is 47.9 Å². The van der Waals surface area contributed by atoms with Crippen LogP contribution in [0.25, 0.3) is 15.0 Å². The lowest BCUT2D eigenvalue weighted by Crippen LogP contribution is -2.32. The number of thiophene rings is 1. The number of hydrogen-bond donors (Lipinski definition) is 0. The SMILES string of the molecule is Cc1cc(-[s+]2cc(C)c3ccccc32)cc(C)c1OCC(=O)OC1(C#Cc2ccccc2)CCCC1. The molecule has 1 atom stereocenters. The predicted molar refractivity (Wildman–Crippen MR) is 148 cm³/mol. The number of carbonyl (C=O) groups is 1. The number of rotatable bonds is 5. The Kier molecular flexibility index (Phi) is 6.85. The van der Waals surface area contributed by atoms with Gasteiger partial charge in [-0.3, -0.25) is 0 Å². The fourth-order valence-corrected chi connectivity index (χ4v) is 7.33. The van der Waals surface area contributed by atoms with Crippen molar-refractivity contribution in [3.63, 3.8) is 0 Å². The van der Waals surface area contributed by atoms with E-state index in [0.717, 1.165) is 48.1 Å². The van der Waals surface area contributed by atoms with Crippen molar-refractivity contribution < 1.29 is 14.3 Å². The van der Waals surface area contributed by atoms with E-state index in [4.69, 9.17) is 9.47 Å². The molecule has 3 aromatic carbocycles. The molecule has 4 heteroatoms. The van der Waals surface area contributed by atoms with Gasteiger partial charge >= 0.3 is 5.97 Å². The normalized spacial score (nSPS) is 14.8. The average molecular weight is 496 g/mol. The number of fused-ring (bicyclic) bond motifs is 1. The van der Waals surface area contributed by atoms with Crippen LogP contribution in [0.2, 0.25) is 0 Å². The van der Waals surface area contributed by atoms with Gasteiger partial charge in [0.2, 0.25) is 0 Å². The molecule has 3 nitrogen and oxygen atoms in total. The van der Waals surface area contributed by atoms with Crippen molar-refractivity contribution in [1.29, 1.82) is 0 Å². The van der Waals surface area contributed by atoms with Gasteiger partial charge in [0.15, 0.2) is 21.8 Å². The van der Waals surface area contributed by atoms with Crippen molar-refractivity contribution in [2.24, 2.45) is 0 Å². The van der Waals surface area contributed by atoms with Crippen LogP contribution in [0.3, 0.4) is 0 Å². The third-order valence-corrected chi connectivity index (χ3v) is 8.96. The number of carbonyl (C=O) groups excluding carboxylic acids is 1. The lowest BCUT2D eigenvalue weighted by molar-refractivity contribution is -0.156. The van der Waals surface area contributed by atoms with Gasteiger partial charge in [-0.1, -0.05) is 36.3 Å². The molecule has 5 rings (SSSR count). The summed E-state index contributed by atoms with van der Waals surface area (Å²) in [6.07, 6.45) is 3.55. The molecular weight excluding hydrogens is 464 g/mol. The van der Waals surface area contributed by atoms with Crippen molar-refractivity contribution in [2.45, 2.75) is 52.1 Å². The van der Waals surface area contributed by atoms with Crippen LogP contribution in [-0.2, 0) is 9.53 Å². The largest absolute Gasteiger partial charge is 0.481 e. The van der Waals surface area contributed by atoms with E-state index in [9.17, 15) is 4.79 Å². The van der Waals surface area contributed by atoms with Crippen molar-refractivity contribution in [3.05, 3.63) is 94.4 Å². The van der Waals surface area contributed by atoms with E-state index < -0.39 is 5.60 Å². The van der Waals surface area contributed by atoms with Gasteiger partial charge in [-0.25, -0.2) is 4.79 Å². The maximum atomic E-state index is 12.8. The topological polar surface area (TPSA) is 35.5 Å². The fraction of sp³-hybridized carbons (Fsp3) is 0.281. The molecule has 0 bridgehead atoms. The van der Waals surface area contributed by atoms with Crippen LogP contribution in [0.5, 0.6) is 5.75 Å². The third kappa shape index (κ3) is 5.03. The van der Waals surface area contributed by atoms with Gasteiger partial charge in [-0.05, 0) is 87.8 Å². The molecule has 4 aromatic rings. The Morgan fingerprint density at radius 2 is 1.58 bits per heavy atom. The van der Waals surface area contributed by atoms with E-state index in [1.165, 1.54) is 20.5 Å². The first-order valence-electron chi connectivity index (χ1n) is 12.5. The van der Waals surface area contributed by atoms with Crippen molar-refractivity contribution in [3.8, 4) is 22.5 Å². The minimum absolute atomic E-state index is 0.0890. The molecule has 1 unspecified atom stereocenters. The van der Waals surface area contributed by atoms with E-state index in [1.807, 2.05) is 44.2 Å². The Labute approximate surface area is 216 Å². The fourth-order valence-electron chi connectivity index (χ4n) is 5.03. The monoisotopic (exact) mass is 495 g/mol. The Morgan fingerprint density at radius 1 is 0.917 bits per heavy atom. The van der Waals surface area contributed by atoms with E-state index in [-0.39, 0.29) is 23.0 Å². The molecule has 1 aliphatic rings. The van der Waals surface area contributed by atoms with Crippen molar-refractivity contribution in [1.82, 2.24) is 0 Å². The highest BCUT2D eigenvalue weighted by Gasteiger charge is 2.36. The standard InChI is InChI=1S/C32H31O3S/c1-23-19-27(36-22-25(3)28-13-7-8-14-29(28)36)20-24(2)31(23)34-21-30(33)35-32(16-9-10-17-32)18-15-26-11-5-4-6-12-26/h4-8,11-14,19-20,22H,9-10,16-17,21H2,1-3H3/q+1. The highest BCUT2D eigenvalue weighted by Crippen LogP contribution is 2.44. The van der Waals surface area contributed by atoms with Gasteiger partial charge < -0.3 is 9.47 Å². The predicted octanol–water partition coefficient (Wildman–Crippen LogP) is 7.79. The Morgan fingerprint density at radius 3 is 2.31 bits per heavy atom. The van der Waals surface area contributed by atoms with Crippen LogP contribution < -0.4 is 4.74 Å². The second-order valence-corrected chi connectivity index (χ2v) is 11.4. The molecule has 1 heterocycles. The summed E-state index contributed by atoms with van der Waals surface area (Å²) in [6, 6.07) is 22.8. The molecule has 0 aliphatic heterocycles. The zero-order valence-corrected chi connectivity index (χ0v) is 21.9. The molecule has 0 amide bonds.